The van der Waals surface area contributed by atoms with Gasteiger partial charge in [-0.15, -0.1) is 0 Å². The van der Waals surface area contributed by atoms with Crippen molar-refractivity contribution in [1.29, 1.82) is 0 Å². The molecule has 108 valence electrons. The van der Waals surface area contributed by atoms with Crippen molar-refractivity contribution < 1.29 is 4.74 Å². The highest BCUT2D eigenvalue weighted by molar-refractivity contribution is 14.1. The van der Waals surface area contributed by atoms with Crippen LogP contribution in [0.3, 0.4) is 0 Å². The van der Waals surface area contributed by atoms with Gasteiger partial charge < -0.3 is 4.74 Å². The van der Waals surface area contributed by atoms with Crippen LogP contribution in [0.2, 0.25) is 5.15 Å². The molecule has 0 atom stereocenters. The first-order valence-corrected chi connectivity index (χ1v) is 8.13. The SMILES string of the molecule is CCC(CC)(OC)c1nc(Cl)c(I)c(CC(C)C)n1. The summed E-state index contributed by atoms with van der Waals surface area (Å²) >= 11 is 8.49. The highest BCUT2D eigenvalue weighted by Gasteiger charge is 2.32. The topological polar surface area (TPSA) is 35.0 Å². The third-order valence-electron chi connectivity index (χ3n) is 3.42. The number of nitrogens with zero attached hydrogens (tertiary/aromatic N) is 2. The lowest BCUT2D eigenvalue weighted by molar-refractivity contribution is -0.0293. The quantitative estimate of drug-likeness (QED) is 0.521. The first-order valence-electron chi connectivity index (χ1n) is 6.67. The molecule has 1 rings (SSSR count). The second kappa shape index (κ2) is 7.18. The Morgan fingerprint density at radius 1 is 1.26 bits per heavy atom. The van der Waals surface area contributed by atoms with Gasteiger partial charge in [0.25, 0.3) is 0 Å². The van der Waals surface area contributed by atoms with Crippen molar-refractivity contribution in [3.63, 3.8) is 0 Å². The molecule has 19 heavy (non-hydrogen) atoms. The van der Waals surface area contributed by atoms with Crippen molar-refractivity contribution in [3.05, 3.63) is 20.2 Å². The van der Waals surface area contributed by atoms with Gasteiger partial charge in [0.15, 0.2) is 5.82 Å². The Balaban J connectivity index is 3.33. The fourth-order valence-corrected chi connectivity index (χ4v) is 2.79. The maximum Gasteiger partial charge on any atom is 0.162 e. The minimum absolute atomic E-state index is 0.431. The van der Waals surface area contributed by atoms with Gasteiger partial charge in [-0.2, -0.15) is 0 Å². The molecule has 0 aromatic carbocycles. The summed E-state index contributed by atoms with van der Waals surface area (Å²) in [4.78, 5) is 9.18. The average molecular weight is 397 g/mol. The van der Waals surface area contributed by atoms with Crippen molar-refractivity contribution in [2.24, 2.45) is 5.92 Å². The zero-order valence-corrected chi connectivity index (χ0v) is 15.2. The lowest BCUT2D eigenvalue weighted by atomic mass is 9.95. The van der Waals surface area contributed by atoms with Crippen molar-refractivity contribution in [3.8, 4) is 0 Å². The lowest BCUT2D eigenvalue weighted by Gasteiger charge is -2.29. The zero-order chi connectivity index (χ0) is 14.6. The van der Waals surface area contributed by atoms with E-state index >= 15 is 0 Å². The van der Waals surface area contributed by atoms with Crippen molar-refractivity contribution in [2.45, 2.75) is 52.6 Å². The van der Waals surface area contributed by atoms with E-state index in [1.54, 1.807) is 7.11 Å². The van der Waals surface area contributed by atoms with Gasteiger partial charge in [-0.3, -0.25) is 0 Å². The van der Waals surface area contributed by atoms with E-state index in [1.807, 2.05) is 0 Å². The summed E-state index contributed by atoms with van der Waals surface area (Å²) in [5.74, 6) is 1.24. The van der Waals surface area contributed by atoms with Crippen LogP contribution in [0.15, 0.2) is 0 Å². The molecule has 0 aliphatic rings. The Kier molecular flexibility index (Phi) is 6.47. The van der Waals surface area contributed by atoms with Crippen LogP contribution in [-0.4, -0.2) is 17.1 Å². The predicted octanol–water partition coefficient (Wildman–Crippen LogP) is 4.59. The van der Waals surface area contributed by atoms with Crippen molar-refractivity contribution in [1.82, 2.24) is 9.97 Å². The van der Waals surface area contributed by atoms with Gasteiger partial charge in [-0.05, 0) is 47.8 Å². The van der Waals surface area contributed by atoms with Crippen LogP contribution in [0.25, 0.3) is 0 Å². The molecule has 0 N–H and O–H groups in total. The molecule has 0 saturated carbocycles. The molecule has 1 heterocycles. The summed E-state index contributed by atoms with van der Waals surface area (Å²) in [5, 5.41) is 0.532. The summed E-state index contributed by atoms with van der Waals surface area (Å²) in [7, 11) is 1.71. The van der Waals surface area contributed by atoms with Gasteiger partial charge >= 0.3 is 0 Å². The van der Waals surface area contributed by atoms with Gasteiger partial charge in [0.2, 0.25) is 0 Å². The molecule has 0 aliphatic heterocycles. The number of methoxy groups -OCH3 is 1. The Morgan fingerprint density at radius 3 is 2.26 bits per heavy atom. The monoisotopic (exact) mass is 396 g/mol. The lowest BCUT2D eigenvalue weighted by Crippen LogP contribution is -2.30. The number of halogens is 2. The summed E-state index contributed by atoms with van der Waals surface area (Å²) in [5.41, 5.74) is 0.591. The summed E-state index contributed by atoms with van der Waals surface area (Å²) < 4.78 is 6.64. The molecular formula is C14H22ClIN2O. The molecule has 0 spiro atoms. The van der Waals surface area contributed by atoms with Crippen molar-refractivity contribution in [2.75, 3.05) is 7.11 Å². The Morgan fingerprint density at radius 2 is 1.84 bits per heavy atom. The van der Waals surface area contributed by atoms with Crippen LogP contribution in [0.5, 0.6) is 0 Å². The third kappa shape index (κ3) is 3.79. The van der Waals surface area contributed by atoms with E-state index in [9.17, 15) is 0 Å². The average Bonchev–Trinajstić information content (AvgIpc) is 2.37. The normalized spacial score (nSPS) is 12.2. The third-order valence-corrected chi connectivity index (χ3v) is 5.15. The molecule has 0 aliphatic carbocycles. The van der Waals surface area contributed by atoms with Crippen LogP contribution in [0, 0.1) is 9.49 Å². The molecule has 0 unspecified atom stereocenters. The standard InChI is InChI=1S/C14H22ClIN2O/c1-6-14(7-2,19-5)13-17-10(8-9(3)4)11(16)12(15)18-13/h9H,6-8H2,1-5H3. The van der Waals surface area contributed by atoms with Gasteiger partial charge in [0, 0.05) is 7.11 Å². The van der Waals surface area contributed by atoms with E-state index in [0.717, 1.165) is 28.5 Å². The largest absolute Gasteiger partial charge is 0.370 e. The number of rotatable bonds is 6. The van der Waals surface area contributed by atoms with E-state index in [-0.39, 0.29) is 0 Å². The smallest absolute Gasteiger partial charge is 0.162 e. The summed E-state index contributed by atoms with van der Waals surface area (Å²) in [6, 6.07) is 0. The van der Waals surface area contributed by atoms with Crippen LogP contribution in [0.1, 0.15) is 52.1 Å². The van der Waals surface area contributed by atoms with E-state index in [2.05, 4.69) is 55.3 Å². The maximum atomic E-state index is 6.27. The highest BCUT2D eigenvalue weighted by atomic mass is 127. The van der Waals surface area contributed by atoms with Crippen LogP contribution in [-0.2, 0) is 16.8 Å². The van der Waals surface area contributed by atoms with Gasteiger partial charge in [-0.25, -0.2) is 9.97 Å². The number of hydrogen-bond donors (Lipinski definition) is 0. The fraction of sp³-hybridized carbons (Fsp3) is 0.714. The molecule has 0 amide bonds. The Bertz CT molecular complexity index is 425. The Labute approximate surface area is 134 Å². The number of hydrogen-bond acceptors (Lipinski definition) is 3. The molecule has 1 aromatic rings. The van der Waals surface area contributed by atoms with Gasteiger partial charge in [-0.1, -0.05) is 39.3 Å². The van der Waals surface area contributed by atoms with E-state index in [0.29, 0.717) is 16.9 Å². The van der Waals surface area contributed by atoms with Gasteiger partial charge in [0.05, 0.1) is 9.26 Å². The second-order valence-electron chi connectivity index (χ2n) is 5.10. The molecular weight excluding hydrogens is 375 g/mol. The molecule has 0 fully saturated rings. The predicted molar refractivity (Wildman–Crippen MR) is 87.6 cm³/mol. The molecule has 5 heteroatoms. The molecule has 0 radical (unpaired) electrons. The van der Waals surface area contributed by atoms with E-state index in [1.165, 1.54) is 0 Å². The number of aromatic nitrogens is 2. The minimum atomic E-state index is -0.431. The summed E-state index contributed by atoms with van der Waals surface area (Å²) in [6.45, 7) is 8.53. The number of ether oxygens (including phenoxy) is 1. The van der Waals surface area contributed by atoms with E-state index in [4.69, 9.17) is 21.3 Å². The van der Waals surface area contributed by atoms with Crippen LogP contribution >= 0.6 is 34.2 Å². The van der Waals surface area contributed by atoms with Gasteiger partial charge in [0.1, 0.15) is 10.8 Å². The maximum absolute atomic E-state index is 6.27. The molecule has 1 aromatic heterocycles. The first kappa shape index (κ1) is 17.1. The minimum Gasteiger partial charge on any atom is -0.370 e. The molecule has 0 bridgehead atoms. The Hall–Kier alpha value is 0.0600. The zero-order valence-electron chi connectivity index (χ0n) is 12.3. The summed E-state index contributed by atoms with van der Waals surface area (Å²) in [6.07, 6.45) is 2.57. The van der Waals surface area contributed by atoms with Crippen LogP contribution < -0.4 is 0 Å². The first-order chi connectivity index (χ1) is 8.90. The fourth-order valence-electron chi connectivity index (χ4n) is 2.13. The molecule has 3 nitrogen and oxygen atoms in total. The van der Waals surface area contributed by atoms with Crippen LogP contribution in [0.4, 0.5) is 0 Å². The second-order valence-corrected chi connectivity index (χ2v) is 6.54. The highest BCUT2D eigenvalue weighted by Crippen LogP contribution is 2.32. The van der Waals surface area contributed by atoms with Crippen molar-refractivity contribution >= 4 is 34.2 Å². The van der Waals surface area contributed by atoms with E-state index < -0.39 is 5.60 Å². The molecule has 0 saturated heterocycles.